The van der Waals surface area contributed by atoms with E-state index in [1.165, 1.54) is 18.5 Å². The highest BCUT2D eigenvalue weighted by Gasteiger charge is 2.12. The Morgan fingerprint density at radius 2 is 1.73 bits per heavy atom. The number of hydrogen-bond acceptors (Lipinski definition) is 2. The normalized spacial score (nSPS) is 14.1. The molecule has 114 valence electrons. The van der Waals surface area contributed by atoms with Crippen LogP contribution >= 0.6 is 11.6 Å². The second kappa shape index (κ2) is 6.84. The van der Waals surface area contributed by atoms with E-state index in [0.717, 1.165) is 18.7 Å². The molecule has 0 aliphatic carbocycles. The van der Waals surface area contributed by atoms with Gasteiger partial charge in [0, 0.05) is 18.8 Å². The molecule has 3 nitrogen and oxygen atoms in total. The lowest BCUT2D eigenvalue weighted by Crippen LogP contribution is -2.18. The number of anilines is 2. The van der Waals surface area contributed by atoms with Crippen molar-refractivity contribution in [2.24, 2.45) is 0 Å². The van der Waals surface area contributed by atoms with Crippen molar-refractivity contribution in [3.63, 3.8) is 0 Å². The predicted octanol–water partition coefficient (Wildman–Crippen LogP) is 4.12. The van der Waals surface area contributed by atoms with Gasteiger partial charge in [-0.1, -0.05) is 35.9 Å². The molecular formula is C18H19ClN2O. The molecule has 1 N–H and O–H groups in total. The number of amides is 1. The first-order valence-electron chi connectivity index (χ1n) is 7.60. The molecule has 1 heterocycles. The van der Waals surface area contributed by atoms with Crippen molar-refractivity contribution in [2.45, 2.75) is 19.3 Å². The SMILES string of the molecule is O=C(Cc1ccc(N2CCCC2)cc1)Nc1ccccc1Cl. The summed E-state index contributed by atoms with van der Waals surface area (Å²) in [5, 5.41) is 3.40. The van der Waals surface area contributed by atoms with Crippen LogP contribution in [0.4, 0.5) is 11.4 Å². The van der Waals surface area contributed by atoms with Gasteiger partial charge in [0.05, 0.1) is 17.1 Å². The average Bonchev–Trinajstić information content (AvgIpc) is 3.05. The lowest BCUT2D eigenvalue weighted by molar-refractivity contribution is -0.115. The van der Waals surface area contributed by atoms with E-state index in [-0.39, 0.29) is 5.91 Å². The smallest absolute Gasteiger partial charge is 0.228 e. The summed E-state index contributed by atoms with van der Waals surface area (Å²) in [6.45, 7) is 2.26. The van der Waals surface area contributed by atoms with E-state index >= 15 is 0 Å². The summed E-state index contributed by atoms with van der Waals surface area (Å²) in [6.07, 6.45) is 2.88. The Morgan fingerprint density at radius 3 is 2.41 bits per heavy atom. The predicted molar refractivity (Wildman–Crippen MR) is 91.7 cm³/mol. The van der Waals surface area contributed by atoms with Gasteiger partial charge in [0.2, 0.25) is 5.91 Å². The molecule has 0 aromatic heterocycles. The number of carbonyl (C=O) groups is 1. The molecule has 0 saturated carbocycles. The van der Waals surface area contributed by atoms with Gasteiger partial charge in [-0.25, -0.2) is 0 Å². The van der Waals surface area contributed by atoms with E-state index < -0.39 is 0 Å². The van der Waals surface area contributed by atoms with E-state index in [2.05, 4.69) is 22.3 Å². The minimum absolute atomic E-state index is 0.0537. The van der Waals surface area contributed by atoms with Gasteiger partial charge in [0.15, 0.2) is 0 Å². The molecule has 1 fully saturated rings. The molecule has 1 aliphatic rings. The van der Waals surface area contributed by atoms with Gasteiger partial charge >= 0.3 is 0 Å². The molecule has 3 rings (SSSR count). The van der Waals surface area contributed by atoms with Crippen LogP contribution in [-0.4, -0.2) is 19.0 Å². The van der Waals surface area contributed by atoms with Crippen LogP contribution in [0.3, 0.4) is 0 Å². The van der Waals surface area contributed by atoms with Gasteiger partial charge in [0.1, 0.15) is 0 Å². The fraction of sp³-hybridized carbons (Fsp3) is 0.278. The van der Waals surface area contributed by atoms with Crippen molar-refractivity contribution >= 4 is 28.9 Å². The van der Waals surface area contributed by atoms with Gasteiger partial charge in [-0.05, 0) is 42.7 Å². The minimum atomic E-state index is -0.0537. The standard InChI is InChI=1S/C18H19ClN2O/c19-16-5-1-2-6-17(16)20-18(22)13-14-7-9-15(10-8-14)21-11-3-4-12-21/h1-2,5-10H,3-4,11-13H2,(H,20,22). The van der Waals surface area contributed by atoms with Crippen LogP contribution in [0.1, 0.15) is 18.4 Å². The number of hydrogen-bond donors (Lipinski definition) is 1. The number of nitrogens with zero attached hydrogens (tertiary/aromatic N) is 1. The third-order valence-corrected chi connectivity index (χ3v) is 4.25. The number of benzene rings is 2. The van der Waals surface area contributed by atoms with Crippen LogP contribution in [0.5, 0.6) is 0 Å². The van der Waals surface area contributed by atoms with Crippen molar-refractivity contribution in [3.8, 4) is 0 Å². The summed E-state index contributed by atoms with van der Waals surface area (Å²) in [6, 6.07) is 15.5. The molecule has 1 aliphatic heterocycles. The Balaban J connectivity index is 1.60. The third kappa shape index (κ3) is 3.60. The summed E-state index contributed by atoms with van der Waals surface area (Å²) >= 11 is 6.04. The molecule has 2 aromatic carbocycles. The highest BCUT2D eigenvalue weighted by molar-refractivity contribution is 6.33. The van der Waals surface area contributed by atoms with E-state index in [1.807, 2.05) is 24.3 Å². The monoisotopic (exact) mass is 314 g/mol. The van der Waals surface area contributed by atoms with E-state index in [9.17, 15) is 4.79 Å². The van der Waals surface area contributed by atoms with Gasteiger partial charge in [-0.2, -0.15) is 0 Å². The van der Waals surface area contributed by atoms with Gasteiger partial charge in [-0.3, -0.25) is 4.79 Å². The van der Waals surface area contributed by atoms with Crippen molar-refractivity contribution in [1.82, 2.24) is 0 Å². The Morgan fingerprint density at radius 1 is 1.05 bits per heavy atom. The molecule has 0 radical (unpaired) electrons. The second-order valence-corrected chi connectivity index (χ2v) is 5.97. The first-order valence-corrected chi connectivity index (χ1v) is 7.98. The van der Waals surface area contributed by atoms with E-state index in [1.54, 1.807) is 12.1 Å². The largest absolute Gasteiger partial charge is 0.372 e. The molecule has 0 unspecified atom stereocenters. The molecule has 2 aromatic rings. The van der Waals surface area contributed by atoms with Crippen molar-refractivity contribution in [3.05, 3.63) is 59.1 Å². The van der Waals surface area contributed by atoms with Crippen LogP contribution in [-0.2, 0) is 11.2 Å². The zero-order valence-corrected chi connectivity index (χ0v) is 13.1. The van der Waals surface area contributed by atoms with Crippen LogP contribution in [0, 0.1) is 0 Å². The lowest BCUT2D eigenvalue weighted by Gasteiger charge is -2.17. The third-order valence-electron chi connectivity index (χ3n) is 3.92. The molecule has 0 bridgehead atoms. The Labute approximate surface area is 135 Å². The zero-order valence-electron chi connectivity index (χ0n) is 12.4. The topological polar surface area (TPSA) is 32.3 Å². The van der Waals surface area contributed by atoms with Crippen LogP contribution in [0.15, 0.2) is 48.5 Å². The number of rotatable bonds is 4. The number of carbonyl (C=O) groups excluding carboxylic acids is 1. The first kappa shape index (κ1) is 14.9. The van der Waals surface area contributed by atoms with Crippen molar-refractivity contribution in [2.75, 3.05) is 23.3 Å². The number of halogens is 1. The molecule has 4 heteroatoms. The van der Waals surface area contributed by atoms with E-state index in [4.69, 9.17) is 11.6 Å². The molecular weight excluding hydrogens is 296 g/mol. The Kier molecular flexibility index (Phi) is 4.64. The summed E-state index contributed by atoms with van der Waals surface area (Å²) in [7, 11) is 0. The maximum Gasteiger partial charge on any atom is 0.228 e. The fourth-order valence-corrected chi connectivity index (χ4v) is 2.93. The van der Waals surface area contributed by atoms with Crippen LogP contribution in [0.25, 0.3) is 0 Å². The number of para-hydroxylation sites is 1. The molecule has 0 atom stereocenters. The second-order valence-electron chi connectivity index (χ2n) is 5.57. The minimum Gasteiger partial charge on any atom is -0.372 e. The lowest BCUT2D eigenvalue weighted by atomic mass is 10.1. The Hall–Kier alpha value is -2.00. The van der Waals surface area contributed by atoms with Crippen LogP contribution in [0.2, 0.25) is 5.02 Å². The maximum atomic E-state index is 12.1. The molecule has 1 amide bonds. The quantitative estimate of drug-likeness (QED) is 0.920. The highest BCUT2D eigenvalue weighted by atomic mass is 35.5. The Bertz CT molecular complexity index is 648. The van der Waals surface area contributed by atoms with Gasteiger partial charge < -0.3 is 10.2 Å². The van der Waals surface area contributed by atoms with Gasteiger partial charge in [-0.15, -0.1) is 0 Å². The van der Waals surface area contributed by atoms with E-state index in [0.29, 0.717) is 17.1 Å². The zero-order chi connectivity index (χ0) is 15.4. The summed E-state index contributed by atoms with van der Waals surface area (Å²) in [5.41, 5.74) is 2.91. The first-order chi connectivity index (χ1) is 10.7. The van der Waals surface area contributed by atoms with Crippen molar-refractivity contribution < 1.29 is 4.79 Å². The van der Waals surface area contributed by atoms with Crippen molar-refractivity contribution in [1.29, 1.82) is 0 Å². The number of nitrogens with one attached hydrogen (secondary N) is 1. The van der Waals surface area contributed by atoms with Gasteiger partial charge in [0.25, 0.3) is 0 Å². The summed E-state index contributed by atoms with van der Waals surface area (Å²) in [5.74, 6) is -0.0537. The summed E-state index contributed by atoms with van der Waals surface area (Å²) in [4.78, 5) is 14.5. The molecule has 1 saturated heterocycles. The average molecular weight is 315 g/mol. The summed E-state index contributed by atoms with van der Waals surface area (Å²) < 4.78 is 0. The van der Waals surface area contributed by atoms with Crippen LogP contribution < -0.4 is 10.2 Å². The maximum absolute atomic E-state index is 12.1. The fourth-order valence-electron chi connectivity index (χ4n) is 2.74. The molecule has 22 heavy (non-hydrogen) atoms. The highest BCUT2D eigenvalue weighted by Crippen LogP contribution is 2.22. The molecule has 0 spiro atoms.